The minimum atomic E-state index is 0.380. The molecular weight excluding hydrogens is 164 g/mol. The molecule has 0 aromatic rings. The van der Waals surface area contributed by atoms with E-state index in [4.69, 9.17) is 5.73 Å². The van der Waals surface area contributed by atoms with Gasteiger partial charge < -0.3 is 10.6 Å². The Bertz CT molecular complexity index is 217. The SMILES string of the molecule is CC(CN)CN1CC2CCC2C1=O. The maximum Gasteiger partial charge on any atom is 0.226 e. The van der Waals surface area contributed by atoms with Crippen molar-refractivity contribution in [1.82, 2.24) is 4.90 Å². The Kier molecular flexibility index (Phi) is 2.28. The van der Waals surface area contributed by atoms with Crippen LogP contribution in [0.25, 0.3) is 0 Å². The number of carbonyl (C=O) groups is 1. The molecule has 2 rings (SSSR count). The molecule has 2 fully saturated rings. The lowest BCUT2D eigenvalue weighted by molar-refractivity contribution is -0.132. The Morgan fingerprint density at radius 3 is 2.77 bits per heavy atom. The summed E-state index contributed by atoms with van der Waals surface area (Å²) in [5.74, 6) is 1.89. The van der Waals surface area contributed by atoms with Crippen LogP contribution in [0.15, 0.2) is 0 Å². The van der Waals surface area contributed by atoms with Crippen LogP contribution < -0.4 is 5.73 Å². The molecule has 0 radical (unpaired) electrons. The van der Waals surface area contributed by atoms with Crippen LogP contribution in [-0.2, 0) is 4.79 Å². The van der Waals surface area contributed by atoms with E-state index in [9.17, 15) is 4.79 Å². The summed E-state index contributed by atoms with van der Waals surface area (Å²) in [7, 11) is 0. The predicted molar refractivity (Wildman–Crippen MR) is 51.0 cm³/mol. The second-order valence-electron chi connectivity index (χ2n) is 4.53. The molecule has 3 unspecified atom stereocenters. The summed E-state index contributed by atoms with van der Waals surface area (Å²) < 4.78 is 0. The molecule has 1 amide bonds. The Morgan fingerprint density at radius 2 is 2.38 bits per heavy atom. The van der Waals surface area contributed by atoms with E-state index in [1.807, 2.05) is 4.90 Å². The van der Waals surface area contributed by atoms with Crippen molar-refractivity contribution in [3.8, 4) is 0 Å². The van der Waals surface area contributed by atoms with Crippen LogP contribution in [0.2, 0.25) is 0 Å². The Labute approximate surface area is 79.3 Å². The van der Waals surface area contributed by atoms with Gasteiger partial charge in [0.1, 0.15) is 0 Å². The van der Waals surface area contributed by atoms with Gasteiger partial charge in [0.2, 0.25) is 5.91 Å². The molecule has 1 aliphatic heterocycles. The number of rotatable bonds is 3. The minimum Gasteiger partial charge on any atom is -0.342 e. The number of fused-ring (bicyclic) bond motifs is 1. The van der Waals surface area contributed by atoms with Crippen LogP contribution in [0, 0.1) is 17.8 Å². The van der Waals surface area contributed by atoms with Gasteiger partial charge in [-0.3, -0.25) is 4.79 Å². The third-order valence-electron chi connectivity index (χ3n) is 3.44. The highest BCUT2D eigenvalue weighted by Crippen LogP contribution is 2.41. The summed E-state index contributed by atoms with van der Waals surface area (Å²) >= 11 is 0. The number of nitrogens with zero attached hydrogens (tertiary/aromatic N) is 1. The Balaban J connectivity index is 1.90. The maximum absolute atomic E-state index is 11.7. The molecule has 0 spiro atoms. The van der Waals surface area contributed by atoms with Gasteiger partial charge in [0.25, 0.3) is 0 Å². The van der Waals surface area contributed by atoms with Crippen molar-refractivity contribution >= 4 is 5.91 Å². The first-order valence-electron chi connectivity index (χ1n) is 5.21. The van der Waals surface area contributed by atoms with Crippen molar-refractivity contribution in [1.29, 1.82) is 0 Å². The molecule has 13 heavy (non-hydrogen) atoms. The second kappa shape index (κ2) is 3.29. The second-order valence-corrected chi connectivity index (χ2v) is 4.53. The average Bonchev–Trinajstić information content (AvgIpc) is 2.27. The lowest BCUT2D eigenvalue weighted by atomic mass is 9.76. The quantitative estimate of drug-likeness (QED) is 0.689. The number of amides is 1. The summed E-state index contributed by atoms with van der Waals surface area (Å²) in [5, 5.41) is 0. The molecule has 3 atom stereocenters. The Morgan fingerprint density at radius 1 is 1.62 bits per heavy atom. The first-order chi connectivity index (χ1) is 6.22. The van der Waals surface area contributed by atoms with Crippen LogP contribution in [0.3, 0.4) is 0 Å². The molecule has 1 saturated heterocycles. The van der Waals surface area contributed by atoms with E-state index in [0.717, 1.165) is 19.5 Å². The lowest BCUT2D eigenvalue weighted by Crippen LogP contribution is -2.33. The van der Waals surface area contributed by atoms with Crippen molar-refractivity contribution in [2.24, 2.45) is 23.5 Å². The molecule has 3 nitrogen and oxygen atoms in total. The van der Waals surface area contributed by atoms with E-state index in [-0.39, 0.29) is 0 Å². The fraction of sp³-hybridized carbons (Fsp3) is 0.900. The zero-order valence-corrected chi connectivity index (χ0v) is 8.20. The molecule has 0 aromatic heterocycles. The van der Waals surface area contributed by atoms with E-state index in [1.165, 1.54) is 6.42 Å². The Hall–Kier alpha value is -0.570. The highest BCUT2D eigenvalue weighted by atomic mass is 16.2. The number of likely N-dealkylation sites (tertiary alicyclic amines) is 1. The number of hydrogen-bond acceptors (Lipinski definition) is 2. The number of hydrogen-bond donors (Lipinski definition) is 1. The van der Waals surface area contributed by atoms with Crippen LogP contribution in [0.4, 0.5) is 0 Å². The van der Waals surface area contributed by atoms with Crippen molar-refractivity contribution in [2.75, 3.05) is 19.6 Å². The van der Waals surface area contributed by atoms with Crippen molar-refractivity contribution in [3.05, 3.63) is 0 Å². The maximum atomic E-state index is 11.7. The first kappa shape index (κ1) is 9.00. The van der Waals surface area contributed by atoms with Gasteiger partial charge in [-0.1, -0.05) is 6.92 Å². The normalized spacial score (nSPS) is 34.3. The summed E-state index contributed by atoms with van der Waals surface area (Å²) in [6.07, 6.45) is 2.38. The van der Waals surface area contributed by atoms with Gasteiger partial charge in [0, 0.05) is 19.0 Å². The molecular formula is C10H18N2O. The highest BCUT2D eigenvalue weighted by Gasteiger charge is 2.45. The minimum absolute atomic E-state index is 0.380. The van der Waals surface area contributed by atoms with E-state index in [0.29, 0.717) is 30.2 Å². The van der Waals surface area contributed by atoms with Crippen LogP contribution in [-0.4, -0.2) is 30.4 Å². The molecule has 1 saturated carbocycles. The fourth-order valence-electron chi connectivity index (χ4n) is 2.34. The van der Waals surface area contributed by atoms with Gasteiger partial charge in [-0.25, -0.2) is 0 Å². The topological polar surface area (TPSA) is 46.3 Å². The molecule has 0 bridgehead atoms. The standard InChI is InChI=1S/C10H18N2O/c1-7(4-11)5-12-6-8-2-3-9(8)10(12)13/h7-9H,2-6,11H2,1H3. The molecule has 3 heteroatoms. The van der Waals surface area contributed by atoms with Gasteiger partial charge in [-0.2, -0.15) is 0 Å². The van der Waals surface area contributed by atoms with E-state index >= 15 is 0 Å². The summed E-state index contributed by atoms with van der Waals surface area (Å²) in [6, 6.07) is 0. The van der Waals surface area contributed by atoms with E-state index in [1.54, 1.807) is 0 Å². The van der Waals surface area contributed by atoms with Gasteiger partial charge in [-0.05, 0) is 31.2 Å². The molecule has 1 heterocycles. The molecule has 74 valence electrons. The fourth-order valence-corrected chi connectivity index (χ4v) is 2.34. The van der Waals surface area contributed by atoms with Gasteiger partial charge in [-0.15, -0.1) is 0 Å². The van der Waals surface area contributed by atoms with E-state index < -0.39 is 0 Å². The van der Waals surface area contributed by atoms with Crippen LogP contribution >= 0.6 is 0 Å². The largest absolute Gasteiger partial charge is 0.342 e. The number of nitrogens with two attached hydrogens (primary N) is 1. The van der Waals surface area contributed by atoms with Gasteiger partial charge in [0.05, 0.1) is 0 Å². The van der Waals surface area contributed by atoms with Crippen molar-refractivity contribution < 1.29 is 4.79 Å². The van der Waals surface area contributed by atoms with Gasteiger partial charge in [0.15, 0.2) is 0 Å². The zero-order chi connectivity index (χ0) is 9.42. The molecule has 2 aliphatic rings. The van der Waals surface area contributed by atoms with Gasteiger partial charge >= 0.3 is 0 Å². The molecule has 1 aliphatic carbocycles. The predicted octanol–water partition coefficient (Wildman–Crippen LogP) is 0.450. The first-order valence-corrected chi connectivity index (χ1v) is 5.21. The summed E-state index contributed by atoms with van der Waals surface area (Å²) in [6.45, 7) is 4.64. The van der Waals surface area contributed by atoms with Crippen molar-refractivity contribution in [2.45, 2.75) is 19.8 Å². The van der Waals surface area contributed by atoms with E-state index in [2.05, 4.69) is 6.92 Å². The van der Waals surface area contributed by atoms with Crippen LogP contribution in [0.5, 0.6) is 0 Å². The zero-order valence-electron chi connectivity index (χ0n) is 8.20. The summed E-state index contributed by atoms with van der Waals surface area (Å²) in [4.78, 5) is 13.7. The smallest absolute Gasteiger partial charge is 0.226 e. The van der Waals surface area contributed by atoms with Crippen molar-refractivity contribution in [3.63, 3.8) is 0 Å². The molecule has 2 N–H and O–H groups in total. The highest BCUT2D eigenvalue weighted by molar-refractivity contribution is 5.82. The number of carbonyl (C=O) groups excluding carboxylic acids is 1. The van der Waals surface area contributed by atoms with Crippen LogP contribution in [0.1, 0.15) is 19.8 Å². The molecule has 0 aromatic carbocycles. The monoisotopic (exact) mass is 182 g/mol. The lowest BCUT2D eigenvalue weighted by Gasteiger charge is -2.25. The third-order valence-corrected chi connectivity index (χ3v) is 3.44. The third kappa shape index (κ3) is 1.46. The average molecular weight is 182 g/mol. The summed E-state index contributed by atoms with van der Waals surface area (Å²) in [5.41, 5.74) is 5.54.